The third kappa shape index (κ3) is 3.45. The van der Waals surface area contributed by atoms with E-state index in [2.05, 4.69) is 57.8 Å². The van der Waals surface area contributed by atoms with Crippen molar-refractivity contribution in [3.05, 3.63) is 35.0 Å². The summed E-state index contributed by atoms with van der Waals surface area (Å²) in [6, 6.07) is 5.75. The molecular weight excluding hydrogens is 304 g/mol. The van der Waals surface area contributed by atoms with Gasteiger partial charge in [-0.15, -0.1) is 0 Å². The van der Waals surface area contributed by atoms with Crippen LogP contribution >= 0.6 is 0 Å². The molecule has 0 spiro atoms. The van der Waals surface area contributed by atoms with Crippen molar-refractivity contribution in [2.45, 2.75) is 52.4 Å². The molecule has 2 rings (SSSR count). The van der Waals surface area contributed by atoms with Crippen LogP contribution in [0.1, 0.15) is 63.2 Å². The van der Waals surface area contributed by atoms with Crippen LogP contribution in [0.4, 0.5) is 0 Å². The van der Waals surface area contributed by atoms with Gasteiger partial charge < -0.3 is 9.84 Å². The molecule has 0 aliphatic heterocycles. The molecule has 0 aliphatic rings. The first-order valence-corrected chi connectivity index (χ1v) is 7.97. The van der Waals surface area contributed by atoms with Crippen LogP contribution in [0.5, 0.6) is 5.75 Å². The van der Waals surface area contributed by atoms with Crippen molar-refractivity contribution < 1.29 is 14.6 Å². The van der Waals surface area contributed by atoms with E-state index in [1.165, 1.54) is 0 Å². The van der Waals surface area contributed by atoms with Crippen LogP contribution in [-0.4, -0.2) is 28.4 Å². The van der Waals surface area contributed by atoms with Crippen molar-refractivity contribution in [1.29, 1.82) is 0 Å². The van der Waals surface area contributed by atoms with E-state index in [9.17, 15) is 4.79 Å². The molecule has 0 atom stereocenters. The monoisotopic (exact) mass is 330 g/mol. The predicted octanol–water partition coefficient (Wildman–Crippen LogP) is 4.38. The average Bonchev–Trinajstić information content (AvgIpc) is 2.93. The van der Waals surface area contributed by atoms with E-state index in [0.717, 1.165) is 22.4 Å². The molecule has 1 heterocycles. The van der Waals surface area contributed by atoms with Crippen LogP contribution in [0.15, 0.2) is 18.2 Å². The Balaban J connectivity index is 2.79. The van der Waals surface area contributed by atoms with E-state index in [1.807, 2.05) is 6.07 Å². The van der Waals surface area contributed by atoms with Gasteiger partial charge in [-0.1, -0.05) is 47.6 Å². The van der Waals surface area contributed by atoms with Crippen LogP contribution in [0.3, 0.4) is 0 Å². The summed E-state index contributed by atoms with van der Waals surface area (Å²) in [5.74, 6) is -0.297. The van der Waals surface area contributed by atoms with E-state index in [1.54, 1.807) is 13.2 Å². The third-order valence-electron chi connectivity index (χ3n) is 4.05. The van der Waals surface area contributed by atoms with Gasteiger partial charge in [0, 0.05) is 11.1 Å². The number of nitrogens with zero attached hydrogens (tertiary/aromatic N) is 1. The number of hydrogen-bond acceptors (Lipinski definition) is 3. The van der Waals surface area contributed by atoms with Gasteiger partial charge in [0.15, 0.2) is 0 Å². The Kier molecular flexibility index (Phi) is 4.48. The summed E-state index contributed by atoms with van der Waals surface area (Å²) in [7, 11) is 1.63. The highest BCUT2D eigenvalue weighted by Gasteiger charge is 2.27. The number of hydrogen-bond donors (Lipinski definition) is 2. The summed E-state index contributed by atoms with van der Waals surface area (Å²) in [5.41, 5.74) is 3.50. The van der Waals surface area contributed by atoms with Gasteiger partial charge in [-0.2, -0.15) is 5.10 Å². The van der Waals surface area contributed by atoms with Gasteiger partial charge in [-0.3, -0.25) is 5.10 Å². The summed E-state index contributed by atoms with van der Waals surface area (Å²) in [6.07, 6.45) is 0. The van der Waals surface area contributed by atoms with Crippen LogP contribution < -0.4 is 4.74 Å². The van der Waals surface area contributed by atoms with Gasteiger partial charge in [0.05, 0.1) is 12.8 Å². The van der Waals surface area contributed by atoms with Crippen LogP contribution in [-0.2, 0) is 10.8 Å². The number of carboxylic acids is 1. The lowest BCUT2D eigenvalue weighted by Gasteiger charge is -2.28. The highest BCUT2D eigenvalue weighted by Crippen LogP contribution is 2.42. The number of aromatic amines is 1. The minimum Gasteiger partial charge on any atom is -0.496 e. The molecule has 0 bridgehead atoms. The van der Waals surface area contributed by atoms with Crippen molar-refractivity contribution in [1.82, 2.24) is 10.2 Å². The average molecular weight is 330 g/mol. The number of benzene rings is 1. The highest BCUT2D eigenvalue weighted by atomic mass is 16.5. The van der Waals surface area contributed by atoms with Crippen molar-refractivity contribution in [3.63, 3.8) is 0 Å². The Morgan fingerprint density at radius 3 is 2.12 bits per heavy atom. The quantitative estimate of drug-likeness (QED) is 0.876. The van der Waals surface area contributed by atoms with Gasteiger partial charge >= 0.3 is 5.97 Å². The number of carbonyl (C=O) groups is 1. The minimum absolute atomic E-state index is 0.0487. The standard InChI is InChI=1S/C19H26N2O3/c1-18(2,3)11-8-12(14-10-15(17(22)23)21-20-14)16(24-7)13(9-11)19(4,5)6/h8-10H,1-7H3,(H,20,21)(H,22,23). The molecule has 0 unspecified atom stereocenters. The fourth-order valence-electron chi connectivity index (χ4n) is 2.60. The van der Waals surface area contributed by atoms with E-state index in [-0.39, 0.29) is 16.5 Å². The van der Waals surface area contributed by atoms with Crippen LogP contribution in [0.25, 0.3) is 11.3 Å². The van der Waals surface area contributed by atoms with Crippen LogP contribution in [0, 0.1) is 0 Å². The molecule has 0 aliphatic carbocycles. The number of H-pyrrole nitrogens is 1. The lowest BCUT2D eigenvalue weighted by Crippen LogP contribution is -2.18. The fraction of sp³-hybridized carbons (Fsp3) is 0.474. The Labute approximate surface area is 143 Å². The third-order valence-corrected chi connectivity index (χ3v) is 4.05. The van der Waals surface area contributed by atoms with Crippen molar-refractivity contribution in [3.8, 4) is 17.0 Å². The number of nitrogens with one attached hydrogen (secondary N) is 1. The van der Waals surface area contributed by atoms with E-state index in [4.69, 9.17) is 9.84 Å². The number of methoxy groups -OCH3 is 1. The number of ether oxygens (including phenoxy) is 1. The van der Waals surface area contributed by atoms with E-state index in [0.29, 0.717) is 5.69 Å². The second-order valence-corrected chi connectivity index (χ2v) is 8.08. The molecule has 24 heavy (non-hydrogen) atoms. The van der Waals surface area contributed by atoms with Gasteiger partial charge in [-0.25, -0.2) is 4.79 Å². The predicted molar refractivity (Wildman–Crippen MR) is 94.9 cm³/mol. The van der Waals surface area contributed by atoms with Crippen LogP contribution in [0.2, 0.25) is 0 Å². The first-order chi connectivity index (χ1) is 10.9. The van der Waals surface area contributed by atoms with E-state index < -0.39 is 5.97 Å². The molecule has 0 fully saturated rings. The molecule has 0 radical (unpaired) electrons. The Hall–Kier alpha value is -2.30. The lowest BCUT2D eigenvalue weighted by molar-refractivity contribution is 0.0690. The summed E-state index contributed by atoms with van der Waals surface area (Å²) in [4.78, 5) is 11.1. The molecule has 0 saturated heterocycles. The number of rotatable bonds is 3. The topological polar surface area (TPSA) is 75.2 Å². The molecule has 2 N–H and O–H groups in total. The molecule has 0 saturated carbocycles. The number of aromatic nitrogens is 2. The zero-order valence-corrected chi connectivity index (χ0v) is 15.4. The Morgan fingerprint density at radius 1 is 1.08 bits per heavy atom. The molecule has 130 valence electrons. The molecule has 0 amide bonds. The molecule has 5 heteroatoms. The molecular formula is C19H26N2O3. The van der Waals surface area contributed by atoms with Crippen molar-refractivity contribution in [2.75, 3.05) is 7.11 Å². The van der Waals surface area contributed by atoms with Crippen molar-refractivity contribution in [2.24, 2.45) is 0 Å². The molecule has 2 aromatic rings. The maximum Gasteiger partial charge on any atom is 0.353 e. The SMILES string of the molecule is COc1c(-c2cc(C(=O)O)[nH]n2)cc(C(C)(C)C)cc1C(C)(C)C. The summed E-state index contributed by atoms with van der Waals surface area (Å²) in [6.45, 7) is 12.9. The second kappa shape index (κ2) is 5.96. The molecule has 1 aromatic heterocycles. The molecule has 5 nitrogen and oxygen atoms in total. The van der Waals surface area contributed by atoms with E-state index >= 15 is 0 Å². The summed E-state index contributed by atoms with van der Waals surface area (Å²) < 4.78 is 5.69. The zero-order chi connectivity index (χ0) is 18.3. The lowest BCUT2D eigenvalue weighted by atomic mass is 9.78. The first kappa shape index (κ1) is 18.0. The minimum atomic E-state index is -1.03. The largest absolute Gasteiger partial charge is 0.496 e. The van der Waals surface area contributed by atoms with Crippen molar-refractivity contribution >= 4 is 5.97 Å². The Morgan fingerprint density at radius 2 is 1.71 bits per heavy atom. The summed E-state index contributed by atoms with van der Waals surface area (Å²) >= 11 is 0. The maximum absolute atomic E-state index is 11.1. The second-order valence-electron chi connectivity index (χ2n) is 8.08. The van der Waals surface area contributed by atoms with Gasteiger partial charge in [0.25, 0.3) is 0 Å². The smallest absolute Gasteiger partial charge is 0.353 e. The first-order valence-electron chi connectivity index (χ1n) is 7.97. The van der Waals surface area contributed by atoms with Gasteiger partial charge in [0.2, 0.25) is 0 Å². The summed E-state index contributed by atoms with van der Waals surface area (Å²) in [5, 5.41) is 15.9. The number of aromatic carboxylic acids is 1. The Bertz CT molecular complexity index is 762. The fourth-order valence-corrected chi connectivity index (χ4v) is 2.60. The molecule has 1 aromatic carbocycles. The number of carboxylic acid groups (broad SMARTS) is 1. The normalized spacial score (nSPS) is 12.3. The van der Waals surface area contributed by atoms with Gasteiger partial charge in [0.1, 0.15) is 11.4 Å². The zero-order valence-electron chi connectivity index (χ0n) is 15.4. The maximum atomic E-state index is 11.1. The highest BCUT2D eigenvalue weighted by molar-refractivity contribution is 5.87. The van der Waals surface area contributed by atoms with Gasteiger partial charge in [-0.05, 0) is 28.5 Å².